The lowest BCUT2D eigenvalue weighted by Crippen LogP contribution is -2.28. The van der Waals surface area contributed by atoms with Crippen molar-refractivity contribution >= 4 is 22.9 Å². The van der Waals surface area contributed by atoms with Crippen LogP contribution >= 0.6 is 0 Å². The Labute approximate surface area is 130 Å². The van der Waals surface area contributed by atoms with Gasteiger partial charge in [-0.25, -0.2) is 9.78 Å². The number of aromatic amines is 1. The van der Waals surface area contributed by atoms with Crippen molar-refractivity contribution in [1.29, 1.82) is 0 Å². The number of imidazole rings is 1. The SMILES string of the molecule is Cc1noc(C(C)NC(=O)c2nc3ccccc3[nH]2)c1C(=O)O. The van der Waals surface area contributed by atoms with E-state index in [-0.39, 0.29) is 22.8 Å². The first-order valence-electron chi connectivity index (χ1n) is 6.92. The van der Waals surface area contributed by atoms with Crippen molar-refractivity contribution < 1.29 is 19.2 Å². The molecule has 1 aromatic carbocycles. The first-order chi connectivity index (χ1) is 11.0. The highest BCUT2D eigenvalue weighted by molar-refractivity contribution is 5.95. The van der Waals surface area contributed by atoms with Crippen molar-refractivity contribution in [3.05, 3.63) is 47.1 Å². The zero-order valence-electron chi connectivity index (χ0n) is 12.5. The van der Waals surface area contributed by atoms with Crippen LogP contribution in [0.25, 0.3) is 11.0 Å². The van der Waals surface area contributed by atoms with Crippen LogP contribution in [-0.2, 0) is 0 Å². The predicted molar refractivity (Wildman–Crippen MR) is 80.2 cm³/mol. The fourth-order valence-corrected chi connectivity index (χ4v) is 2.33. The Bertz CT molecular complexity index is 863. The summed E-state index contributed by atoms with van der Waals surface area (Å²) in [6, 6.07) is 6.59. The number of nitrogens with zero attached hydrogens (tertiary/aromatic N) is 2. The summed E-state index contributed by atoms with van der Waals surface area (Å²) in [4.78, 5) is 30.6. The molecular weight excluding hydrogens is 300 g/mol. The van der Waals surface area contributed by atoms with Gasteiger partial charge >= 0.3 is 5.97 Å². The topological polar surface area (TPSA) is 121 Å². The number of fused-ring (bicyclic) bond motifs is 1. The minimum absolute atomic E-state index is 0.0394. The summed E-state index contributed by atoms with van der Waals surface area (Å²) < 4.78 is 5.04. The number of H-pyrrole nitrogens is 1. The van der Waals surface area contributed by atoms with Crippen LogP contribution in [0.5, 0.6) is 0 Å². The van der Waals surface area contributed by atoms with Crippen LogP contribution in [0.15, 0.2) is 28.8 Å². The summed E-state index contributed by atoms with van der Waals surface area (Å²) in [6.07, 6.45) is 0. The minimum atomic E-state index is -1.15. The van der Waals surface area contributed by atoms with Gasteiger partial charge in [0.1, 0.15) is 5.56 Å². The Kier molecular flexibility index (Phi) is 3.57. The monoisotopic (exact) mass is 314 g/mol. The molecule has 118 valence electrons. The molecule has 0 saturated heterocycles. The van der Waals surface area contributed by atoms with Crippen LogP contribution in [0, 0.1) is 6.92 Å². The first kappa shape index (κ1) is 14.8. The first-order valence-corrected chi connectivity index (χ1v) is 6.92. The lowest BCUT2D eigenvalue weighted by atomic mass is 10.1. The van der Waals surface area contributed by atoms with Crippen molar-refractivity contribution in [3.63, 3.8) is 0 Å². The van der Waals surface area contributed by atoms with Crippen molar-refractivity contribution in [1.82, 2.24) is 20.4 Å². The molecule has 0 bridgehead atoms. The summed E-state index contributed by atoms with van der Waals surface area (Å²) in [5.41, 5.74) is 1.64. The molecule has 8 heteroatoms. The van der Waals surface area contributed by atoms with Crippen molar-refractivity contribution in [2.75, 3.05) is 0 Å². The van der Waals surface area contributed by atoms with Crippen LogP contribution in [0.2, 0.25) is 0 Å². The predicted octanol–water partition coefficient (Wildman–Crippen LogP) is 2.05. The number of benzene rings is 1. The zero-order chi connectivity index (χ0) is 16.6. The van der Waals surface area contributed by atoms with Crippen LogP contribution in [0.4, 0.5) is 0 Å². The number of rotatable bonds is 4. The summed E-state index contributed by atoms with van der Waals surface area (Å²) in [5.74, 6) is -1.37. The molecule has 3 N–H and O–H groups in total. The number of aromatic carboxylic acids is 1. The van der Waals surface area contributed by atoms with Gasteiger partial charge in [0, 0.05) is 0 Å². The molecule has 23 heavy (non-hydrogen) atoms. The Morgan fingerprint density at radius 3 is 2.78 bits per heavy atom. The summed E-state index contributed by atoms with van der Waals surface area (Å²) in [5, 5.41) is 15.5. The molecule has 1 amide bonds. The number of amides is 1. The molecule has 0 aliphatic heterocycles. The molecule has 0 fully saturated rings. The molecule has 0 saturated carbocycles. The van der Waals surface area contributed by atoms with E-state index in [0.717, 1.165) is 5.52 Å². The van der Waals surface area contributed by atoms with E-state index in [1.807, 2.05) is 18.2 Å². The number of aromatic nitrogens is 3. The average Bonchev–Trinajstić information content (AvgIpc) is 3.10. The molecule has 1 unspecified atom stereocenters. The van der Waals surface area contributed by atoms with Gasteiger partial charge in [-0.3, -0.25) is 4.79 Å². The number of carboxylic acid groups (broad SMARTS) is 1. The maximum atomic E-state index is 12.3. The lowest BCUT2D eigenvalue weighted by molar-refractivity contribution is 0.0690. The third-order valence-corrected chi connectivity index (χ3v) is 3.45. The number of hydrogen-bond acceptors (Lipinski definition) is 5. The number of hydrogen-bond donors (Lipinski definition) is 3. The lowest BCUT2D eigenvalue weighted by Gasteiger charge is -2.10. The second-order valence-corrected chi connectivity index (χ2v) is 5.11. The number of carbonyl (C=O) groups is 2. The van der Waals surface area contributed by atoms with Gasteiger partial charge in [0.2, 0.25) is 0 Å². The van der Waals surface area contributed by atoms with E-state index in [1.54, 1.807) is 13.0 Å². The van der Waals surface area contributed by atoms with Gasteiger partial charge in [-0.05, 0) is 26.0 Å². The molecule has 2 heterocycles. The van der Waals surface area contributed by atoms with Gasteiger partial charge in [-0.1, -0.05) is 17.3 Å². The molecule has 0 aliphatic rings. The third-order valence-electron chi connectivity index (χ3n) is 3.45. The van der Waals surface area contributed by atoms with Gasteiger partial charge < -0.3 is 19.9 Å². The largest absolute Gasteiger partial charge is 0.477 e. The quantitative estimate of drug-likeness (QED) is 0.677. The molecule has 3 aromatic rings. The van der Waals surface area contributed by atoms with E-state index in [0.29, 0.717) is 5.52 Å². The fraction of sp³-hybridized carbons (Fsp3) is 0.200. The molecule has 0 spiro atoms. The van der Waals surface area contributed by atoms with Crippen molar-refractivity contribution in [3.8, 4) is 0 Å². The van der Waals surface area contributed by atoms with Gasteiger partial charge in [0.05, 0.1) is 22.8 Å². The summed E-state index contributed by atoms with van der Waals surface area (Å²) in [7, 11) is 0. The van der Waals surface area contributed by atoms with E-state index in [1.165, 1.54) is 6.92 Å². The highest BCUT2D eigenvalue weighted by atomic mass is 16.5. The second-order valence-electron chi connectivity index (χ2n) is 5.11. The highest BCUT2D eigenvalue weighted by Gasteiger charge is 2.26. The highest BCUT2D eigenvalue weighted by Crippen LogP contribution is 2.21. The maximum absolute atomic E-state index is 12.3. The Balaban J connectivity index is 1.83. The van der Waals surface area contributed by atoms with Gasteiger partial charge in [-0.15, -0.1) is 0 Å². The van der Waals surface area contributed by atoms with E-state index >= 15 is 0 Å². The van der Waals surface area contributed by atoms with Crippen molar-refractivity contribution in [2.45, 2.75) is 19.9 Å². The van der Waals surface area contributed by atoms with Crippen molar-refractivity contribution in [2.24, 2.45) is 0 Å². The molecular formula is C15H14N4O4. The van der Waals surface area contributed by atoms with Crippen LogP contribution < -0.4 is 5.32 Å². The number of carboxylic acids is 1. The fourth-order valence-electron chi connectivity index (χ4n) is 2.33. The minimum Gasteiger partial charge on any atom is -0.477 e. The normalized spacial score (nSPS) is 12.3. The Morgan fingerprint density at radius 2 is 2.09 bits per heavy atom. The molecule has 3 rings (SSSR count). The maximum Gasteiger partial charge on any atom is 0.341 e. The molecule has 1 atom stereocenters. The molecule has 0 radical (unpaired) electrons. The Hall–Kier alpha value is -3.16. The van der Waals surface area contributed by atoms with E-state index in [9.17, 15) is 14.7 Å². The molecule has 8 nitrogen and oxygen atoms in total. The van der Waals surface area contributed by atoms with Gasteiger partial charge in [0.25, 0.3) is 5.91 Å². The van der Waals surface area contributed by atoms with Crippen LogP contribution in [-0.4, -0.2) is 32.1 Å². The van der Waals surface area contributed by atoms with E-state index < -0.39 is 17.9 Å². The number of nitrogens with one attached hydrogen (secondary N) is 2. The Morgan fingerprint density at radius 1 is 1.35 bits per heavy atom. The summed E-state index contributed by atoms with van der Waals surface area (Å²) >= 11 is 0. The second kappa shape index (κ2) is 5.56. The number of para-hydroxylation sites is 2. The number of carbonyl (C=O) groups excluding carboxylic acids is 1. The smallest absolute Gasteiger partial charge is 0.341 e. The summed E-state index contributed by atoms with van der Waals surface area (Å²) in [6.45, 7) is 3.15. The zero-order valence-corrected chi connectivity index (χ0v) is 12.5. The third kappa shape index (κ3) is 2.66. The average molecular weight is 314 g/mol. The standard InChI is InChI=1S/C15H14N4O4/c1-7-11(15(21)22)12(23-19-7)8(2)16-14(20)13-17-9-5-3-4-6-10(9)18-13/h3-6,8H,1-2H3,(H,16,20)(H,17,18)(H,21,22). The molecule has 0 aliphatic carbocycles. The van der Waals surface area contributed by atoms with Crippen LogP contribution in [0.3, 0.4) is 0 Å². The van der Waals surface area contributed by atoms with Gasteiger partial charge in [-0.2, -0.15) is 0 Å². The number of aryl methyl sites for hydroxylation is 1. The van der Waals surface area contributed by atoms with Gasteiger partial charge in [0.15, 0.2) is 11.6 Å². The van der Waals surface area contributed by atoms with Crippen LogP contribution in [0.1, 0.15) is 45.4 Å². The van der Waals surface area contributed by atoms with E-state index in [4.69, 9.17) is 4.52 Å². The molecule has 2 aromatic heterocycles. The van der Waals surface area contributed by atoms with E-state index in [2.05, 4.69) is 20.4 Å².